The molecule has 27 heteroatoms. The van der Waals surface area contributed by atoms with Gasteiger partial charge >= 0.3 is 29.2 Å². The molecule has 2 unspecified atom stereocenters. The van der Waals surface area contributed by atoms with Gasteiger partial charge < -0.3 is 55.3 Å². The second-order valence-electron chi connectivity index (χ2n) is 10.6. The molecule has 1 saturated heterocycles. The normalized spacial score (nSPS) is 21.0. The molecule has 6 rings (SSSR count). The third kappa shape index (κ3) is 8.13. The van der Waals surface area contributed by atoms with Crippen LogP contribution in [0.4, 0.5) is 23.3 Å². The van der Waals surface area contributed by atoms with Crippen molar-refractivity contribution < 1.29 is 65.7 Å². The van der Waals surface area contributed by atoms with Crippen LogP contribution in [0.2, 0.25) is 0 Å². The van der Waals surface area contributed by atoms with E-state index in [4.69, 9.17) is 29.7 Å². The quantitative estimate of drug-likeness (QED) is 0.0608. The molecule has 50 heavy (non-hydrogen) atoms. The smallest absolute Gasteiger partial charge is 0.489 e. The Balaban J connectivity index is 1.07. The summed E-state index contributed by atoms with van der Waals surface area (Å²) in [5.41, 5.74) is 6.43. The van der Waals surface area contributed by atoms with E-state index in [-0.39, 0.29) is 48.3 Å². The first-order valence-corrected chi connectivity index (χ1v) is 18.6. The number of nitrogens with zero attached hydrogens (tertiary/aromatic N) is 6. The van der Waals surface area contributed by atoms with Gasteiger partial charge in [-0.1, -0.05) is 6.07 Å². The third-order valence-electron chi connectivity index (χ3n) is 6.93. The van der Waals surface area contributed by atoms with Gasteiger partial charge in [-0.3, -0.25) is 13.7 Å². The van der Waals surface area contributed by atoms with Gasteiger partial charge in [-0.05, 0) is 12.1 Å². The van der Waals surface area contributed by atoms with E-state index in [1.54, 1.807) is 25.2 Å². The van der Waals surface area contributed by atoms with Crippen LogP contribution in [0.1, 0.15) is 12.6 Å². The van der Waals surface area contributed by atoms with Gasteiger partial charge in [-0.2, -0.15) is 23.6 Å². The minimum atomic E-state index is -5.72. The summed E-state index contributed by atoms with van der Waals surface area (Å²) in [5, 5.41) is 16.6. The molecule has 2 aliphatic heterocycles. The third-order valence-corrected chi connectivity index (χ3v) is 10.7. The van der Waals surface area contributed by atoms with Gasteiger partial charge in [0.1, 0.15) is 30.4 Å². The Hall–Kier alpha value is -4.02. The van der Waals surface area contributed by atoms with Crippen molar-refractivity contribution in [3.63, 3.8) is 0 Å². The predicted octanol–water partition coefficient (Wildman–Crippen LogP) is 0.834. The number of fused-ring (bicyclic) bond motifs is 3. The Morgan fingerprint density at radius 1 is 1.10 bits per heavy atom. The summed E-state index contributed by atoms with van der Waals surface area (Å²) in [6, 6.07) is 5.17. The first kappa shape index (κ1) is 35.8. The Morgan fingerprint density at radius 2 is 1.88 bits per heavy atom. The largest absolute Gasteiger partial charge is 0.490 e. The summed E-state index contributed by atoms with van der Waals surface area (Å²) in [6.07, 6.45) is -0.765. The lowest BCUT2D eigenvalue weighted by atomic mass is 10.2. The van der Waals surface area contributed by atoms with Gasteiger partial charge in [0.2, 0.25) is 5.95 Å². The highest BCUT2D eigenvalue weighted by molar-refractivity contribution is 7.66. The first-order chi connectivity index (χ1) is 23.5. The lowest BCUT2D eigenvalue weighted by Crippen LogP contribution is -2.26. The number of rotatable bonds is 13. The molecule has 5 heterocycles. The molecule has 1 aromatic carbocycles. The lowest BCUT2D eigenvalue weighted by molar-refractivity contribution is -0.0423. The second-order valence-corrected chi connectivity index (χ2v) is 15.0. The minimum absolute atomic E-state index is 0.0931. The average Bonchev–Trinajstić information content (AvgIpc) is 3.59. The van der Waals surface area contributed by atoms with Crippen LogP contribution in [-0.4, -0.2) is 85.7 Å². The van der Waals surface area contributed by atoms with Gasteiger partial charge in [0.25, 0.3) is 0 Å². The molecule has 0 bridgehead atoms. The Morgan fingerprint density at radius 3 is 2.64 bits per heavy atom. The molecule has 0 spiro atoms. The highest BCUT2D eigenvalue weighted by Gasteiger charge is 2.43. The standard InChI is InChI=1S/C23H28N9O15P3/c1-31-8-14-19(29-23(31)34)27-17-12(3-2-4-13(17)44-14)42-6-5-25-20-18-21(30-22(24)28-20)32(10-26-18)16-7-11(33)15(45-16)9-43-49(38,39)47-50(40,41)46-48(35,36)37/h2-4,8,10-11,15-16,33H,5-7,9H2,1H3,(H,38,39)(H,40,41)(H,27,29,34)(H2,35,36,37)(H3,24,25,28,30)/t11-,15+,16+/m0/s1. The molecule has 270 valence electrons. The maximum absolute atomic E-state index is 12.1. The molecule has 1 fully saturated rings. The fourth-order valence-electron chi connectivity index (χ4n) is 4.87. The van der Waals surface area contributed by atoms with E-state index in [0.29, 0.717) is 22.9 Å². The van der Waals surface area contributed by atoms with E-state index >= 15 is 0 Å². The topological polar surface area (TPSA) is 336 Å². The van der Waals surface area contributed by atoms with Crippen molar-refractivity contribution in [2.45, 2.75) is 24.9 Å². The van der Waals surface area contributed by atoms with E-state index in [9.17, 15) is 33.4 Å². The Kier molecular flexibility index (Phi) is 9.74. The van der Waals surface area contributed by atoms with Crippen LogP contribution in [0, 0.1) is 0 Å². The number of nitrogens with one attached hydrogen (secondary N) is 2. The van der Waals surface area contributed by atoms with Crippen LogP contribution in [0.25, 0.3) is 11.2 Å². The highest BCUT2D eigenvalue weighted by atomic mass is 31.3. The number of aliphatic hydroxyl groups excluding tert-OH is 1. The number of hydrogen-bond acceptors (Lipinski definition) is 18. The number of aryl methyl sites for hydroxylation is 1. The van der Waals surface area contributed by atoms with Crippen LogP contribution >= 0.6 is 23.5 Å². The predicted molar refractivity (Wildman–Crippen MR) is 167 cm³/mol. The van der Waals surface area contributed by atoms with E-state index in [1.807, 2.05) is 0 Å². The van der Waals surface area contributed by atoms with E-state index in [0.717, 1.165) is 0 Å². The summed E-state index contributed by atoms with van der Waals surface area (Å²) < 4.78 is 66.7. The number of benzene rings is 1. The molecule has 0 radical (unpaired) electrons. The number of imidazole rings is 1. The number of aromatic nitrogens is 6. The summed E-state index contributed by atoms with van der Waals surface area (Å²) in [5.74, 6) is 1.61. The summed E-state index contributed by atoms with van der Waals surface area (Å²) in [7, 11) is -15.2. The monoisotopic (exact) mass is 763 g/mol. The lowest BCUT2D eigenvalue weighted by Gasteiger charge is -2.23. The second kappa shape index (κ2) is 13.6. The number of nitrogens with two attached hydrogens (primary N) is 1. The van der Waals surface area contributed by atoms with E-state index in [1.165, 1.54) is 21.7 Å². The summed E-state index contributed by atoms with van der Waals surface area (Å²) in [6.45, 7) is -0.526. The van der Waals surface area contributed by atoms with Crippen molar-refractivity contribution >= 4 is 57.9 Å². The fourth-order valence-corrected chi connectivity index (χ4v) is 7.90. The van der Waals surface area contributed by atoms with Crippen molar-refractivity contribution in [2.24, 2.45) is 7.05 Å². The maximum Gasteiger partial charge on any atom is 0.490 e. The molecule has 0 amide bonds. The van der Waals surface area contributed by atoms with Crippen molar-refractivity contribution in [3.8, 4) is 17.2 Å². The van der Waals surface area contributed by atoms with Crippen LogP contribution in [0.15, 0.2) is 35.5 Å². The van der Waals surface area contributed by atoms with Gasteiger partial charge in [0.15, 0.2) is 34.3 Å². The van der Waals surface area contributed by atoms with Crippen molar-refractivity contribution in [1.82, 2.24) is 29.1 Å². The number of nitrogen functional groups attached to an aromatic ring is 1. The molecule has 0 saturated carbocycles. The number of aliphatic hydroxyl groups is 1. The Labute approximate surface area is 279 Å². The minimum Gasteiger partial charge on any atom is -0.489 e. The number of ether oxygens (including phenoxy) is 3. The van der Waals surface area contributed by atoms with E-state index in [2.05, 4.69) is 43.7 Å². The number of hydrogen-bond donors (Lipinski definition) is 8. The number of anilines is 4. The van der Waals surface area contributed by atoms with Crippen molar-refractivity contribution in [3.05, 3.63) is 41.2 Å². The SMILES string of the molecule is Cn1cc2c(nc1=O)Nc1c(OCCNc3nc(N)nc4c3ncn4[C@H]3C[C@H](O)[C@@H](COP(=O)(O)OP(=O)(O)OP(=O)(O)O)O3)cccc1O2. The van der Waals surface area contributed by atoms with Gasteiger partial charge in [-0.25, -0.2) is 23.5 Å². The molecule has 24 nitrogen and oxygen atoms in total. The maximum atomic E-state index is 12.1. The molecule has 4 aromatic rings. The van der Waals surface area contributed by atoms with Crippen LogP contribution < -0.4 is 31.5 Å². The molecule has 0 aliphatic carbocycles. The zero-order valence-corrected chi connectivity index (χ0v) is 28.1. The first-order valence-electron chi connectivity index (χ1n) is 14.1. The average molecular weight is 763 g/mol. The molecule has 5 atom stereocenters. The van der Waals surface area contributed by atoms with Gasteiger partial charge in [0.05, 0.1) is 31.8 Å². The highest BCUT2D eigenvalue weighted by Crippen LogP contribution is 2.66. The molecular formula is C23H28N9O15P3. The number of phosphoric ester groups is 1. The molecule has 9 N–H and O–H groups in total. The number of phosphoric acid groups is 3. The van der Waals surface area contributed by atoms with Gasteiger partial charge in [-0.15, -0.1) is 0 Å². The molecular weight excluding hydrogens is 735 g/mol. The summed E-state index contributed by atoms with van der Waals surface area (Å²) >= 11 is 0. The zero-order valence-electron chi connectivity index (χ0n) is 25.4. The van der Waals surface area contributed by atoms with Crippen molar-refractivity contribution in [2.75, 3.05) is 36.1 Å². The van der Waals surface area contributed by atoms with Crippen LogP contribution in [0.5, 0.6) is 17.2 Å². The summed E-state index contributed by atoms with van der Waals surface area (Å²) in [4.78, 5) is 65.0. The van der Waals surface area contributed by atoms with Crippen LogP contribution in [0.3, 0.4) is 0 Å². The number of para-hydroxylation sites is 1. The fraction of sp³-hybridized carbons (Fsp3) is 0.348. The molecule has 3 aromatic heterocycles. The van der Waals surface area contributed by atoms with Gasteiger partial charge in [0, 0.05) is 13.5 Å². The zero-order chi connectivity index (χ0) is 36.0. The van der Waals surface area contributed by atoms with Crippen molar-refractivity contribution in [1.29, 1.82) is 0 Å². The van der Waals surface area contributed by atoms with Crippen LogP contribution in [-0.2, 0) is 38.6 Å². The van der Waals surface area contributed by atoms with E-state index < -0.39 is 54.2 Å². The molecule has 2 aliphatic rings. The Bertz CT molecular complexity index is 2140.